The van der Waals surface area contributed by atoms with Gasteiger partial charge in [-0.1, -0.05) is 12.1 Å². The van der Waals surface area contributed by atoms with Crippen molar-refractivity contribution in [2.45, 2.75) is 0 Å². The molecule has 2 rings (SSSR count). The van der Waals surface area contributed by atoms with Crippen molar-refractivity contribution in [1.82, 2.24) is 10.2 Å². The largest absolute Gasteiger partial charge is 0.485 e. The van der Waals surface area contributed by atoms with E-state index in [0.717, 1.165) is 32.7 Å². The molecule has 0 aromatic heterocycles. The van der Waals surface area contributed by atoms with Crippen LogP contribution < -0.4 is 10.1 Å². The van der Waals surface area contributed by atoms with E-state index in [-0.39, 0.29) is 5.69 Å². The van der Waals surface area contributed by atoms with Crippen LogP contribution in [0.2, 0.25) is 0 Å². The highest BCUT2D eigenvalue weighted by Crippen LogP contribution is 2.25. The molecule has 0 amide bonds. The summed E-state index contributed by atoms with van der Waals surface area (Å²) in [6, 6.07) is 6.48. The molecule has 98 valence electrons. The Bertz CT molecular complexity index is 405. The second-order valence-electron chi connectivity index (χ2n) is 4.16. The van der Waals surface area contributed by atoms with Crippen molar-refractivity contribution < 1.29 is 9.66 Å². The fourth-order valence-corrected chi connectivity index (χ4v) is 1.95. The van der Waals surface area contributed by atoms with Crippen LogP contribution in [-0.4, -0.2) is 49.2 Å². The topological polar surface area (TPSA) is 67.6 Å². The zero-order valence-electron chi connectivity index (χ0n) is 10.2. The summed E-state index contributed by atoms with van der Waals surface area (Å²) in [7, 11) is 0. The molecular formula is C12H17N3O3. The molecule has 0 aliphatic carbocycles. The maximum atomic E-state index is 10.8. The molecule has 1 N–H and O–H groups in total. The van der Waals surface area contributed by atoms with Crippen LogP contribution in [0.4, 0.5) is 5.69 Å². The summed E-state index contributed by atoms with van der Waals surface area (Å²) in [5.41, 5.74) is 0.0258. The van der Waals surface area contributed by atoms with Crippen molar-refractivity contribution in [2.24, 2.45) is 0 Å². The average molecular weight is 251 g/mol. The van der Waals surface area contributed by atoms with Crippen LogP contribution in [0.25, 0.3) is 0 Å². The minimum absolute atomic E-state index is 0.0258. The van der Waals surface area contributed by atoms with Gasteiger partial charge in [0, 0.05) is 38.8 Å². The van der Waals surface area contributed by atoms with Crippen LogP contribution in [0.15, 0.2) is 24.3 Å². The van der Waals surface area contributed by atoms with Crippen LogP contribution in [0, 0.1) is 10.1 Å². The summed E-state index contributed by atoms with van der Waals surface area (Å²) in [5, 5.41) is 14.1. The van der Waals surface area contributed by atoms with Gasteiger partial charge >= 0.3 is 5.69 Å². The third kappa shape index (κ3) is 3.41. The molecule has 1 aliphatic heterocycles. The smallest absolute Gasteiger partial charge is 0.310 e. The van der Waals surface area contributed by atoms with E-state index in [9.17, 15) is 10.1 Å². The molecule has 0 radical (unpaired) electrons. The highest BCUT2D eigenvalue weighted by Gasteiger charge is 2.14. The predicted molar refractivity (Wildman–Crippen MR) is 67.9 cm³/mol. The summed E-state index contributed by atoms with van der Waals surface area (Å²) >= 11 is 0. The van der Waals surface area contributed by atoms with Gasteiger partial charge in [-0.2, -0.15) is 0 Å². The second kappa shape index (κ2) is 6.32. The summed E-state index contributed by atoms with van der Waals surface area (Å²) in [4.78, 5) is 12.7. The number of hydrogen-bond acceptors (Lipinski definition) is 5. The highest BCUT2D eigenvalue weighted by molar-refractivity contribution is 5.45. The van der Waals surface area contributed by atoms with Crippen LogP contribution in [0.3, 0.4) is 0 Å². The SMILES string of the molecule is O=[N+]([O-])c1ccccc1OCCN1CCNCC1. The summed E-state index contributed by atoms with van der Waals surface area (Å²) < 4.78 is 5.50. The third-order valence-electron chi connectivity index (χ3n) is 2.94. The number of nitrogens with one attached hydrogen (secondary N) is 1. The average Bonchev–Trinajstić information content (AvgIpc) is 2.40. The van der Waals surface area contributed by atoms with Gasteiger partial charge in [0.05, 0.1) is 4.92 Å². The van der Waals surface area contributed by atoms with E-state index in [1.807, 2.05) is 0 Å². The lowest BCUT2D eigenvalue weighted by Crippen LogP contribution is -2.44. The molecule has 1 aliphatic rings. The van der Waals surface area contributed by atoms with Gasteiger partial charge in [0.15, 0.2) is 5.75 Å². The first-order valence-corrected chi connectivity index (χ1v) is 6.06. The zero-order valence-corrected chi connectivity index (χ0v) is 10.2. The Labute approximate surface area is 106 Å². The number of rotatable bonds is 5. The fraction of sp³-hybridized carbons (Fsp3) is 0.500. The van der Waals surface area contributed by atoms with E-state index in [1.54, 1.807) is 18.2 Å². The van der Waals surface area contributed by atoms with Crippen molar-refractivity contribution in [3.8, 4) is 5.75 Å². The molecule has 1 saturated heterocycles. The van der Waals surface area contributed by atoms with Gasteiger partial charge < -0.3 is 10.1 Å². The first-order chi connectivity index (χ1) is 8.77. The normalized spacial score (nSPS) is 16.4. The van der Waals surface area contributed by atoms with Gasteiger partial charge in [0.1, 0.15) is 6.61 Å². The Kier molecular flexibility index (Phi) is 4.49. The quantitative estimate of drug-likeness (QED) is 0.621. The molecule has 0 spiro atoms. The summed E-state index contributed by atoms with van der Waals surface area (Å²) in [6.07, 6.45) is 0. The van der Waals surface area contributed by atoms with Crippen molar-refractivity contribution in [3.05, 3.63) is 34.4 Å². The van der Waals surface area contributed by atoms with Gasteiger partial charge in [-0.3, -0.25) is 15.0 Å². The number of nitro groups is 1. The monoisotopic (exact) mass is 251 g/mol. The molecule has 0 bridgehead atoms. The molecule has 6 nitrogen and oxygen atoms in total. The predicted octanol–water partition coefficient (Wildman–Crippen LogP) is 0.879. The number of benzene rings is 1. The molecular weight excluding hydrogens is 234 g/mol. The Balaban J connectivity index is 1.84. The number of ether oxygens (including phenoxy) is 1. The molecule has 1 aromatic carbocycles. The maximum absolute atomic E-state index is 10.8. The fourth-order valence-electron chi connectivity index (χ4n) is 1.95. The summed E-state index contributed by atoms with van der Waals surface area (Å²) in [6.45, 7) is 5.26. The van der Waals surface area contributed by atoms with Crippen LogP contribution in [0.1, 0.15) is 0 Å². The van der Waals surface area contributed by atoms with Crippen LogP contribution >= 0.6 is 0 Å². The number of nitro benzene ring substituents is 1. The van der Waals surface area contributed by atoms with Crippen molar-refractivity contribution in [1.29, 1.82) is 0 Å². The first-order valence-electron chi connectivity index (χ1n) is 6.06. The zero-order chi connectivity index (χ0) is 12.8. The van der Waals surface area contributed by atoms with Gasteiger partial charge in [0.25, 0.3) is 0 Å². The van der Waals surface area contributed by atoms with Crippen molar-refractivity contribution >= 4 is 5.69 Å². The van der Waals surface area contributed by atoms with Gasteiger partial charge in [-0.15, -0.1) is 0 Å². The van der Waals surface area contributed by atoms with Crippen LogP contribution in [-0.2, 0) is 0 Å². The third-order valence-corrected chi connectivity index (χ3v) is 2.94. The van der Waals surface area contributed by atoms with Gasteiger partial charge in [-0.25, -0.2) is 0 Å². The molecule has 18 heavy (non-hydrogen) atoms. The number of piperazine rings is 1. The molecule has 6 heteroatoms. The molecule has 1 aromatic rings. The van der Waals surface area contributed by atoms with Crippen molar-refractivity contribution in [3.63, 3.8) is 0 Å². The van der Waals surface area contributed by atoms with Crippen LogP contribution in [0.5, 0.6) is 5.75 Å². The Morgan fingerprint density at radius 2 is 2.06 bits per heavy atom. The lowest BCUT2D eigenvalue weighted by molar-refractivity contribution is -0.385. The lowest BCUT2D eigenvalue weighted by atomic mass is 10.3. The van der Waals surface area contributed by atoms with E-state index in [4.69, 9.17) is 4.74 Å². The Morgan fingerprint density at radius 3 is 2.78 bits per heavy atom. The van der Waals surface area contributed by atoms with E-state index < -0.39 is 4.92 Å². The number of hydrogen-bond donors (Lipinski definition) is 1. The Hall–Kier alpha value is -1.66. The molecule has 1 fully saturated rings. The van der Waals surface area contributed by atoms with E-state index in [1.165, 1.54) is 6.07 Å². The van der Waals surface area contributed by atoms with Gasteiger partial charge in [0.2, 0.25) is 0 Å². The second-order valence-corrected chi connectivity index (χ2v) is 4.16. The standard InChI is InChI=1S/C12H17N3O3/c16-15(17)11-3-1-2-4-12(11)18-10-9-14-7-5-13-6-8-14/h1-4,13H,5-10H2. The molecule has 0 unspecified atom stereocenters. The Morgan fingerprint density at radius 1 is 1.33 bits per heavy atom. The van der Waals surface area contributed by atoms with Crippen molar-refractivity contribution in [2.75, 3.05) is 39.3 Å². The molecule has 1 heterocycles. The number of para-hydroxylation sites is 2. The highest BCUT2D eigenvalue weighted by atomic mass is 16.6. The minimum atomic E-state index is -0.417. The minimum Gasteiger partial charge on any atom is -0.485 e. The lowest BCUT2D eigenvalue weighted by Gasteiger charge is -2.26. The maximum Gasteiger partial charge on any atom is 0.310 e. The number of nitrogens with zero attached hydrogens (tertiary/aromatic N) is 2. The molecule has 0 saturated carbocycles. The molecule has 0 atom stereocenters. The summed E-state index contributed by atoms with van der Waals surface area (Å²) in [5.74, 6) is 0.345. The van der Waals surface area contributed by atoms with E-state index in [0.29, 0.717) is 12.4 Å². The van der Waals surface area contributed by atoms with Gasteiger partial charge in [-0.05, 0) is 6.07 Å². The van der Waals surface area contributed by atoms with E-state index >= 15 is 0 Å². The first kappa shape index (κ1) is 12.8. The van der Waals surface area contributed by atoms with E-state index in [2.05, 4.69) is 10.2 Å².